The molecule has 13 rings (SSSR count). The third-order valence-electron chi connectivity index (χ3n) is 12.4. The highest BCUT2D eigenvalue weighted by Gasteiger charge is 2.23. The van der Waals surface area contributed by atoms with Crippen molar-refractivity contribution < 1.29 is 4.42 Å². The smallest absolute Gasteiger partial charge is 0.164 e. The number of fused-ring (bicyclic) bond motifs is 10. The van der Waals surface area contributed by atoms with Gasteiger partial charge >= 0.3 is 0 Å². The molecule has 0 radical (unpaired) electrons. The van der Waals surface area contributed by atoms with Crippen molar-refractivity contribution in [3.05, 3.63) is 206 Å². The first kappa shape index (κ1) is 34.5. The molecule has 13 aromatic rings. The molecule has 3 aromatic heterocycles. The van der Waals surface area contributed by atoms with Gasteiger partial charge in [0.05, 0.1) is 16.7 Å². The van der Waals surface area contributed by atoms with E-state index in [1.165, 1.54) is 32.3 Å². The normalized spacial score (nSPS) is 11.9. The predicted octanol–water partition coefficient (Wildman–Crippen LogP) is 15.0. The van der Waals surface area contributed by atoms with E-state index in [9.17, 15) is 0 Å². The van der Waals surface area contributed by atoms with Crippen LogP contribution in [0.1, 0.15) is 0 Å². The van der Waals surface area contributed by atoms with E-state index in [0.29, 0.717) is 17.5 Å². The molecule has 0 aliphatic rings. The molecule has 0 unspecified atom stereocenters. The summed E-state index contributed by atoms with van der Waals surface area (Å²) in [6.07, 6.45) is 0. The molecule has 0 amide bonds. The number of hydrogen-bond donors (Lipinski definition) is 0. The molecule has 288 valence electrons. The largest absolute Gasteiger partial charge is 0.454 e. The minimum atomic E-state index is 0.579. The molecular weight excluding hydrogens is 757 g/mol. The number of aromatic nitrogens is 4. The summed E-state index contributed by atoms with van der Waals surface area (Å²) in [5.41, 5.74) is 9.75. The fraction of sp³-hybridized carbons (Fsp3) is 0. The van der Waals surface area contributed by atoms with Crippen LogP contribution in [0.2, 0.25) is 0 Å². The lowest BCUT2D eigenvalue weighted by atomic mass is 10.0. The van der Waals surface area contributed by atoms with E-state index in [4.69, 9.17) is 19.4 Å². The van der Waals surface area contributed by atoms with Gasteiger partial charge in [-0.3, -0.25) is 0 Å². The zero-order valence-corrected chi connectivity index (χ0v) is 33.3. The van der Waals surface area contributed by atoms with Gasteiger partial charge in [0.1, 0.15) is 5.58 Å². The first-order valence-corrected chi connectivity index (χ1v) is 20.9. The van der Waals surface area contributed by atoms with Crippen LogP contribution in [-0.4, -0.2) is 19.5 Å². The fourth-order valence-corrected chi connectivity index (χ4v) is 9.35. The Balaban J connectivity index is 1.11. The molecule has 10 aromatic carbocycles. The van der Waals surface area contributed by atoms with E-state index < -0.39 is 0 Å². The zero-order chi connectivity index (χ0) is 40.7. The van der Waals surface area contributed by atoms with Crippen molar-refractivity contribution >= 4 is 76.1 Å². The first-order chi connectivity index (χ1) is 30.7. The second-order valence-corrected chi connectivity index (χ2v) is 16.0. The second-order valence-electron chi connectivity index (χ2n) is 16.0. The van der Waals surface area contributed by atoms with Crippen molar-refractivity contribution in [2.24, 2.45) is 0 Å². The Morgan fingerprint density at radius 3 is 1.68 bits per heavy atom. The Kier molecular flexibility index (Phi) is 7.54. The van der Waals surface area contributed by atoms with Crippen molar-refractivity contribution in [1.29, 1.82) is 0 Å². The Labute approximate surface area is 355 Å². The monoisotopic (exact) mass is 790 g/mol. The van der Waals surface area contributed by atoms with Crippen LogP contribution in [0, 0.1) is 0 Å². The van der Waals surface area contributed by atoms with E-state index >= 15 is 0 Å². The maximum atomic E-state index is 6.90. The molecule has 5 nitrogen and oxygen atoms in total. The number of furan rings is 1. The van der Waals surface area contributed by atoms with Gasteiger partial charge in [-0.1, -0.05) is 170 Å². The summed E-state index contributed by atoms with van der Waals surface area (Å²) in [5.74, 6) is 1.79. The highest BCUT2D eigenvalue weighted by molar-refractivity contribution is 6.22. The van der Waals surface area contributed by atoms with Gasteiger partial charge in [0, 0.05) is 43.6 Å². The van der Waals surface area contributed by atoms with E-state index in [1.807, 2.05) is 18.2 Å². The number of rotatable bonds is 5. The lowest BCUT2D eigenvalue weighted by Gasteiger charge is -2.14. The SMILES string of the molecule is c1ccc(-c2ccc(-c3nc(-c4ccc5ccccc5c4)nc(-c4cc(-n5c6cc7ccccc7cc6c6ccc7ccccc7c65)c5oc6ccccc6c5c4)n3)cc2)cc1. The van der Waals surface area contributed by atoms with Crippen LogP contribution in [0.3, 0.4) is 0 Å². The van der Waals surface area contributed by atoms with Gasteiger partial charge in [-0.25, -0.2) is 15.0 Å². The van der Waals surface area contributed by atoms with E-state index in [0.717, 1.165) is 77.2 Å². The molecule has 0 aliphatic heterocycles. The van der Waals surface area contributed by atoms with Gasteiger partial charge in [0.15, 0.2) is 23.1 Å². The third-order valence-corrected chi connectivity index (χ3v) is 12.4. The average molecular weight is 791 g/mol. The minimum absolute atomic E-state index is 0.579. The van der Waals surface area contributed by atoms with Gasteiger partial charge < -0.3 is 8.98 Å². The first-order valence-electron chi connectivity index (χ1n) is 20.9. The molecule has 62 heavy (non-hydrogen) atoms. The number of para-hydroxylation sites is 1. The summed E-state index contributed by atoms with van der Waals surface area (Å²) in [6.45, 7) is 0. The third kappa shape index (κ3) is 5.45. The highest BCUT2D eigenvalue weighted by atomic mass is 16.3. The molecule has 0 fully saturated rings. The van der Waals surface area contributed by atoms with Crippen molar-refractivity contribution in [1.82, 2.24) is 19.5 Å². The fourth-order valence-electron chi connectivity index (χ4n) is 9.35. The Bertz CT molecular complexity index is 3920. The summed E-state index contributed by atoms with van der Waals surface area (Å²) in [5, 5.41) is 11.4. The van der Waals surface area contributed by atoms with Crippen molar-refractivity contribution in [2.45, 2.75) is 0 Å². The summed E-state index contributed by atoms with van der Waals surface area (Å²) in [4.78, 5) is 15.8. The Hall–Kier alpha value is -8.41. The topological polar surface area (TPSA) is 56.7 Å². The lowest BCUT2D eigenvalue weighted by molar-refractivity contribution is 0.666. The lowest BCUT2D eigenvalue weighted by Crippen LogP contribution is -2.02. The van der Waals surface area contributed by atoms with E-state index in [2.05, 4.69) is 193 Å². The molecule has 0 aliphatic carbocycles. The van der Waals surface area contributed by atoms with Crippen LogP contribution < -0.4 is 0 Å². The molecule has 3 heterocycles. The van der Waals surface area contributed by atoms with Crippen molar-refractivity contribution in [3.63, 3.8) is 0 Å². The summed E-state index contributed by atoms with van der Waals surface area (Å²) >= 11 is 0. The summed E-state index contributed by atoms with van der Waals surface area (Å²) in [7, 11) is 0. The molecular formula is C57H34N4O. The van der Waals surface area contributed by atoms with Crippen LogP contribution >= 0.6 is 0 Å². The maximum absolute atomic E-state index is 6.90. The quantitative estimate of drug-likeness (QED) is 0.174. The van der Waals surface area contributed by atoms with Gasteiger partial charge in [0.2, 0.25) is 0 Å². The van der Waals surface area contributed by atoms with Crippen molar-refractivity contribution in [3.8, 4) is 51.0 Å². The van der Waals surface area contributed by atoms with Crippen LogP contribution in [0.15, 0.2) is 211 Å². The standard InChI is InChI=1S/C57H34N4O/c1-2-12-35(13-3-1)37-22-25-39(26-23-37)55-58-56(43-27-24-36-14-4-5-16-40(36)30-43)60-57(59-55)44-32-49-46-20-10-11-21-52(46)62-54(49)51(34-44)61-50-33-42-18-7-6-17-41(42)31-48(50)47-29-28-38-15-8-9-19-45(38)53(47)61/h1-34H. The number of nitrogens with zero attached hydrogens (tertiary/aromatic N) is 4. The number of benzene rings is 10. The molecule has 0 atom stereocenters. The molecule has 0 saturated heterocycles. The Morgan fingerprint density at radius 2 is 0.887 bits per heavy atom. The molecule has 5 heteroatoms. The van der Waals surface area contributed by atoms with Gasteiger partial charge in [0.25, 0.3) is 0 Å². The van der Waals surface area contributed by atoms with E-state index in [-0.39, 0.29) is 0 Å². The zero-order valence-electron chi connectivity index (χ0n) is 33.3. The van der Waals surface area contributed by atoms with Crippen LogP contribution in [-0.2, 0) is 0 Å². The minimum Gasteiger partial charge on any atom is -0.454 e. The molecule has 0 bridgehead atoms. The van der Waals surface area contributed by atoms with E-state index in [1.54, 1.807) is 0 Å². The summed E-state index contributed by atoms with van der Waals surface area (Å²) in [6, 6.07) is 72.8. The second kappa shape index (κ2) is 13.6. The summed E-state index contributed by atoms with van der Waals surface area (Å²) < 4.78 is 9.30. The molecule has 0 spiro atoms. The van der Waals surface area contributed by atoms with Gasteiger partial charge in [-0.2, -0.15) is 0 Å². The van der Waals surface area contributed by atoms with Crippen LogP contribution in [0.25, 0.3) is 127 Å². The maximum Gasteiger partial charge on any atom is 0.164 e. The van der Waals surface area contributed by atoms with Gasteiger partial charge in [-0.15, -0.1) is 0 Å². The average Bonchev–Trinajstić information content (AvgIpc) is 3.88. The highest BCUT2D eigenvalue weighted by Crippen LogP contribution is 2.43. The number of hydrogen-bond acceptors (Lipinski definition) is 4. The Morgan fingerprint density at radius 1 is 0.323 bits per heavy atom. The van der Waals surface area contributed by atoms with Crippen LogP contribution in [0.4, 0.5) is 0 Å². The molecule has 0 N–H and O–H groups in total. The van der Waals surface area contributed by atoms with Gasteiger partial charge in [-0.05, 0) is 74.5 Å². The van der Waals surface area contributed by atoms with Crippen LogP contribution in [0.5, 0.6) is 0 Å². The van der Waals surface area contributed by atoms with Crippen molar-refractivity contribution in [2.75, 3.05) is 0 Å². The molecule has 0 saturated carbocycles. The predicted molar refractivity (Wildman–Crippen MR) is 256 cm³/mol.